The monoisotopic (exact) mass is 327 g/mol. The summed E-state index contributed by atoms with van der Waals surface area (Å²) in [5, 5.41) is 2.73. The molecule has 1 amide bonds. The number of carbonyl (C=O) groups excluding carboxylic acids is 2. The SMILES string of the molecule is CCOc1cccc(C(=O)NC(Cc2ccccc2)C(=O)OC)c1. The average Bonchev–Trinajstić information content (AvgIpc) is 2.62. The van der Waals surface area contributed by atoms with Gasteiger partial charge in [0.05, 0.1) is 13.7 Å². The number of nitrogens with one attached hydrogen (secondary N) is 1. The quantitative estimate of drug-likeness (QED) is 0.794. The molecule has 5 heteroatoms. The van der Waals surface area contributed by atoms with Crippen LogP contribution in [0, 0.1) is 0 Å². The molecule has 0 radical (unpaired) electrons. The molecule has 0 aliphatic heterocycles. The Bertz CT molecular complexity index is 685. The third-order valence-corrected chi connectivity index (χ3v) is 3.48. The predicted octanol–water partition coefficient (Wildman–Crippen LogP) is 2.60. The first kappa shape index (κ1) is 17.5. The van der Waals surface area contributed by atoms with Crippen molar-refractivity contribution in [3.63, 3.8) is 0 Å². The number of rotatable bonds is 7. The Kier molecular flexibility index (Phi) is 6.37. The van der Waals surface area contributed by atoms with Gasteiger partial charge >= 0.3 is 5.97 Å². The van der Waals surface area contributed by atoms with Gasteiger partial charge in [0.15, 0.2) is 0 Å². The van der Waals surface area contributed by atoms with Gasteiger partial charge in [0.1, 0.15) is 11.8 Å². The van der Waals surface area contributed by atoms with E-state index in [2.05, 4.69) is 5.32 Å². The van der Waals surface area contributed by atoms with Gasteiger partial charge in [-0.25, -0.2) is 4.79 Å². The molecule has 0 aliphatic rings. The molecule has 0 aliphatic carbocycles. The first-order chi connectivity index (χ1) is 11.6. The number of esters is 1. The largest absolute Gasteiger partial charge is 0.494 e. The van der Waals surface area contributed by atoms with Crippen LogP contribution < -0.4 is 10.1 Å². The maximum absolute atomic E-state index is 12.4. The number of hydrogen-bond acceptors (Lipinski definition) is 4. The second kappa shape index (κ2) is 8.72. The predicted molar refractivity (Wildman–Crippen MR) is 91.0 cm³/mol. The topological polar surface area (TPSA) is 64.6 Å². The summed E-state index contributed by atoms with van der Waals surface area (Å²) in [7, 11) is 1.31. The summed E-state index contributed by atoms with van der Waals surface area (Å²) in [4.78, 5) is 24.4. The zero-order chi connectivity index (χ0) is 17.4. The van der Waals surface area contributed by atoms with Crippen molar-refractivity contribution < 1.29 is 19.1 Å². The van der Waals surface area contributed by atoms with Crippen molar-refractivity contribution in [1.82, 2.24) is 5.32 Å². The van der Waals surface area contributed by atoms with Crippen molar-refractivity contribution in [3.8, 4) is 5.75 Å². The van der Waals surface area contributed by atoms with E-state index in [1.165, 1.54) is 7.11 Å². The number of hydrogen-bond donors (Lipinski definition) is 1. The van der Waals surface area contributed by atoms with Crippen LogP contribution in [0.25, 0.3) is 0 Å². The van der Waals surface area contributed by atoms with Gasteiger partial charge in [0, 0.05) is 12.0 Å². The first-order valence-electron chi connectivity index (χ1n) is 7.79. The first-order valence-corrected chi connectivity index (χ1v) is 7.79. The molecule has 0 aromatic heterocycles. The number of benzene rings is 2. The highest BCUT2D eigenvalue weighted by molar-refractivity contribution is 5.97. The minimum Gasteiger partial charge on any atom is -0.494 e. The number of ether oxygens (including phenoxy) is 2. The summed E-state index contributed by atoms with van der Waals surface area (Å²) in [5.41, 5.74) is 1.37. The number of methoxy groups -OCH3 is 1. The van der Waals surface area contributed by atoms with Gasteiger partial charge in [-0.05, 0) is 30.7 Å². The van der Waals surface area contributed by atoms with Gasteiger partial charge in [-0.15, -0.1) is 0 Å². The minimum atomic E-state index is -0.749. The van der Waals surface area contributed by atoms with Crippen LogP contribution in [0.2, 0.25) is 0 Å². The lowest BCUT2D eigenvalue weighted by Gasteiger charge is -2.17. The molecule has 0 heterocycles. The van der Waals surface area contributed by atoms with E-state index in [1.54, 1.807) is 24.3 Å². The van der Waals surface area contributed by atoms with Crippen molar-refractivity contribution >= 4 is 11.9 Å². The van der Waals surface area contributed by atoms with Gasteiger partial charge in [-0.1, -0.05) is 36.4 Å². The van der Waals surface area contributed by atoms with Crippen molar-refractivity contribution in [3.05, 3.63) is 65.7 Å². The van der Waals surface area contributed by atoms with Crippen LogP contribution >= 0.6 is 0 Å². The Labute approximate surface area is 141 Å². The fraction of sp³-hybridized carbons (Fsp3) is 0.263. The fourth-order valence-corrected chi connectivity index (χ4v) is 2.32. The van der Waals surface area contributed by atoms with E-state index in [0.717, 1.165) is 5.56 Å². The van der Waals surface area contributed by atoms with E-state index in [-0.39, 0.29) is 5.91 Å². The molecular weight excluding hydrogens is 306 g/mol. The molecule has 0 saturated carbocycles. The molecule has 1 N–H and O–H groups in total. The van der Waals surface area contributed by atoms with Crippen molar-refractivity contribution in [2.75, 3.05) is 13.7 Å². The molecule has 0 fully saturated rings. The molecule has 2 aromatic rings. The highest BCUT2D eigenvalue weighted by Crippen LogP contribution is 2.14. The highest BCUT2D eigenvalue weighted by Gasteiger charge is 2.22. The molecular formula is C19H21NO4. The summed E-state index contributed by atoms with van der Waals surface area (Å²) in [5.74, 6) is -0.209. The summed E-state index contributed by atoms with van der Waals surface area (Å²) in [6.45, 7) is 2.39. The molecule has 2 rings (SSSR count). The van der Waals surface area contributed by atoms with Gasteiger partial charge in [-0.3, -0.25) is 4.79 Å². The van der Waals surface area contributed by atoms with Gasteiger partial charge in [0.2, 0.25) is 0 Å². The second-order valence-corrected chi connectivity index (χ2v) is 5.20. The Hall–Kier alpha value is -2.82. The lowest BCUT2D eigenvalue weighted by molar-refractivity contribution is -0.142. The van der Waals surface area contributed by atoms with E-state index < -0.39 is 12.0 Å². The van der Waals surface area contributed by atoms with Gasteiger partial charge in [-0.2, -0.15) is 0 Å². The molecule has 1 unspecified atom stereocenters. The van der Waals surface area contributed by atoms with Gasteiger partial charge in [0.25, 0.3) is 5.91 Å². The van der Waals surface area contributed by atoms with Crippen LogP contribution in [-0.2, 0) is 16.0 Å². The standard InChI is InChI=1S/C19H21NO4/c1-3-24-16-11-7-10-15(13-16)18(21)20-17(19(22)23-2)12-14-8-5-4-6-9-14/h4-11,13,17H,3,12H2,1-2H3,(H,20,21). The molecule has 24 heavy (non-hydrogen) atoms. The molecule has 5 nitrogen and oxygen atoms in total. The number of carbonyl (C=O) groups is 2. The maximum Gasteiger partial charge on any atom is 0.328 e. The zero-order valence-corrected chi connectivity index (χ0v) is 13.8. The van der Waals surface area contributed by atoms with Crippen LogP contribution in [0.4, 0.5) is 0 Å². The third kappa shape index (κ3) is 4.84. The fourth-order valence-electron chi connectivity index (χ4n) is 2.32. The maximum atomic E-state index is 12.4. The molecule has 0 spiro atoms. The molecule has 0 bridgehead atoms. The summed E-state index contributed by atoms with van der Waals surface area (Å²) in [6.07, 6.45) is 0.365. The lowest BCUT2D eigenvalue weighted by Crippen LogP contribution is -2.43. The lowest BCUT2D eigenvalue weighted by atomic mass is 10.1. The Morgan fingerprint density at radius 2 is 1.83 bits per heavy atom. The Morgan fingerprint density at radius 1 is 1.08 bits per heavy atom. The highest BCUT2D eigenvalue weighted by atomic mass is 16.5. The third-order valence-electron chi connectivity index (χ3n) is 3.48. The van der Waals surface area contributed by atoms with Crippen molar-refractivity contribution in [2.24, 2.45) is 0 Å². The Balaban J connectivity index is 2.12. The van der Waals surface area contributed by atoms with E-state index in [0.29, 0.717) is 24.3 Å². The van der Waals surface area contributed by atoms with Crippen molar-refractivity contribution in [1.29, 1.82) is 0 Å². The van der Waals surface area contributed by atoms with Crippen LogP contribution in [0.1, 0.15) is 22.8 Å². The van der Waals surface area contributed by atoms with E-state index in [9.17, 15) is 9.59 Å². The summed E-state index contributed by atoms with van der Waals surface area (Å²) < 4.78 is 10.2. The van der Waals surface area contributed by atoms with E-state index in [4.69, 9.17) is 9.47 Å². The summed E-state index contributed by atoms with van der Waals surface area (Å²) >= 11 is 0. The smallest absolute Gasteiger partial charge is 0.328 e. The van der Waals surface area contributed by atoms with Crippen LogP contribution in [0.3, 0.4) is 0 Å². The normalized spacial score (nSPS) is 11.4. The van der Waals surface area contributed by atoms with Crippen molar-refractivity contribution in [2.45, 2.75) is 19.4 Å². The zero-order valence-electron chi connectivity index (χ0n) is 13.8. The van der Waals surface area contributed by atoms with E-state index in [1.807, 2.05) is 37.3 Å². The van der Waals surface area contributed by atoms with Crippen LogP contribution in [0.15, 0.2) is 54.6 Å². The molecule has 126 valence electrons. The second-order valence-electron chi connectivity index (χ2n) is 5.20. The summed E-state index contributed by atoms with van der Waals surface area (Å²) in [6, 6.07) is 15.6. The van der Waals surface area contributed by atoms with Gasteiger partial charge < -0.3 is 14.8 Å². The minimum absolute atomic E-state index is 0.345. The van der Waals surface area contributed by atoms with E-state index >= 15 is 0 Å². The molecule has 0 saturated heterocycles. The molecule has 2 aromatic carbocycles. The average molecular weight is 327 g/mol. The molecule has 1 atom stereocenters. The number of amides is 1. The van der Waals surface area contributed by atoms with Crippen LogP contribution in [-0.4, -0.2) is 31.6 Å². The van der Waals surface area contributed by atoms with Crippen LogP contribution in [0.5, 0.6) is 5.75 Å². The Morgan fingerprint density at radius 3 is 2.50 bits per heavy atom.